The monoisotopic (exact) mass is 190 g/mol. The molecule has 0 saturated carbocycles. The van der Waals surface area contributed by atoms with Gasteiger partial charge in [0.25, 0.3) is 0 Å². The molecule has 0 heteroatoms. The van der Waals surface area contributed by atoms with Crippen LogP contribution in [0.1, 0.15) is 52.9 Å². The summed E-state index contributed by atoms with van der Waals surface area (Å²) in [6.07, 6.45) is 13.2. The van der Waals surface area contributed by atoms with Crippen molar-refractivity contribution in [2.75, 3.05) is 0 Å². The van der Waals surface area contributed by atoms with Crippen LogP contribution in [0.5, 0.6) is 0 Å². The molecule has 0 nitrogen and oxygen atoms in total. The van der Waals surface area contributed by atoms with Crippen molar-refractivity contribution in [1.29, 1.82) is 0 Å². The fourth-order valence-electron chi connectivity index (χ4n) is 1.80. The van der Waals surface area contributed by atoms with Crippen molar-refractivity contribution in [2.45, 2.75) is 52.9 Å². The second kappa shape index (κ2) is 5.85. The molecule has 0 atom stereocenters. The zero-order chi connectivity index (χ0) is 10.4. The molecule has 0 fully saturated rings. The Balaban J connectivity index is 2.74. The summed E-state index contributed by atoms with van der Waals surface area (Å²) < 4.78 is 0. The summed E-state index contributed by atoms with van der Waals surface area (Å²) in [6, 6.07) is 0. The van der Waals surface area contributed by atoms with E-state index in [1.54, 1.807) is 5.57 Å². The molecule has 14 heavy (non-hydrogen) atoms. The van der Waals surface area contributed by atoms with E-state index in [1.807, 2.05) is 0 Å². The van der Waals surface area contributed by atoms with Crippen LogP contribution in [0.3, 0.4) is 0 Å². The zero-order valence-electron chi connectivity index (χ0n) is 9.77. The minimum Gasteiger partial charge on any atom is -0.0775 e. The summed E-state index contributed by atoms with van der Waals surface area (Å²) in [5, 5.41) is 0. The predicted molar refractivity (Wildman–Crippen MR) is 64.4 cm³/mol. The van der Waals surface area contributed by atoms with Gasteiger partial charge in [0.15, 0.2) is 0 Å². The lowest BCUT2D eigenvalue weighted by Gasteiger charge is -2.06. The van der Waals surface area contributed by atoms with Crippen molar-refractivity contribution in [2.24, 2.45) is 0 Å². The molecule has 1 aliphatic rings. The first-order valence-corrected chi connectivity index (χ1v) is 5.84. The van der Waals surface area contributed by atoms with E-state index in [-0.39, 0.29) is 0 Å². The summed E-state index contributed by atoms with van der Waals surface area (Å²) >= 11 is 0. The summed E-state index contributed by atoms with van der Waals surface area (Å²) in [7, 11) is 0. The molecule has 0 radical (unpaired) electrons. The van der Waals surface area contributed by atoms with Crippen molar-refractivity contribution in [3.05, 3.63) is 34.9 Å². The van der Waals surface area contributed by atoms with E-state index in [0.717, 1.165) is 12.8 Å². The van der Waals surface area contributed by atoms with Crippen molar-refractivity contribution in [1.82, 2.24) is 0 Å². The van der Waals surface area contributed by atoms with Gasteiger partial charge in [0.05, 0.1) is 0 Å². The topological polar surface area (TPSA) is 0 Å². The first-order chi connectivity index (χ1) is 6.77. The highest BCUT2D eigenvalue weighted by molar-refractivity contribution is 5.39. The molecule has 0 saturated heterocycles. The number of allylic oxidation sites excluding steroid dienone is 6. The van der Waals surface area contributed by atoms with Gasteiger partial charge in [0.1, 0.15) is 0 Å². The van der Waals surface area contributed by atoms with E-state index in [9.17, 15) is 0 Å². The van der Waals surface area contributed by atoms with Crippen LogP contribution in [0, 0.1) is 0 Å². The van der Waals surface area contributed by atoms with E-state index in [1.165, 1.54) is 30.4 Å². The summed E-state index contributed by atoms with van der Waals surface area (Å²) in [6.45, 7) is 6.74. The third-order valence-electron chi connectivity index (χ3n) is 2.88. The number of hydrogen-bond donors (Lipinski definition) is 0. The Kier molecular flexibility index (Phi) is 4.72. The molecule has 0 spiro atoms. The maximum absolute atomic E-state index is 2.40. The van der Waals surface area contributed by atoms with E-state index >= 15 is 0 Å². The number of unbranched alkanes of at least 4 members (excludes halogenated alkanes) is 1. The minimum absolute atomic E-state index is 1.11. The van der Waals surface area contributed by atoms with Crippen molar-refractivity contribution in [3.63, 3.8) is 0 Å². The van der Waals surface area contributed by atoms with Crippen LogP contribution in [0.4, 0.5) is 0 Å². The third-order valence-corrected chi connectivity index (χ3v) is 2.88. The van der Waals surface area contributed by atoms with Gasteiger partial charge in [-0.15, -0.1) is 0 Å². The highest BCUT2D eigenvalue weighted by atomic mass is 14.1. The first-order valence-electron chi connectivity index (χ1n) is 5.84. The van der Waals surface area contributed by atoms with Gasteiger partial charge >= 0.3 is 0 Å². The van der Waals surface area contributed by atoms with Crippen molar-refractivity contribution < 1.29 is 0 Å². The Bertz CT molecular complexity index is 264. The van der Waals surface area contributed by atoms with Crippen LogP contribution in [0.2, 0.25) is 0 Å². The second-order valence-electron chi connectivity index (χ2n) is 4.03. The molecule has 0 bridgehead atoms. The average molecular weight is 190 g/mol. The molecule has 0 aliphatic heterocycles. The van der Waals surface area contributed by atoms with Crippen LogP contribution in [-0.2, 0) is 0 Å². The molecule has 0 aromatic rings. The molecule has 1 aliphatic carbocycles. The molecule has 0 unspecified atom stereocenters. The predicted octanol–water partition coefficient (Wildman–Crippen LogP) is 4.79. The third kappa shape index (κ3) is 3.17. The minimum atomic E-state index is 1.11. The molecule has 1 rings (SSSR count). The van der Waals surface area contributed by atoms with Crippen LogP contribution in [0.15, 0.2) is 34.9 Å². The van der Waals surface area contributed by atoms with Gasteiger partial charge in [0.2, 0.25) is 0 Å². The Morgan fingerprint density at radius 2 is 2.00 bits per heavy atom. The number of hydrogen-bond acceptors (Lipinski definition) is 0. The van der Waals surface area contributed by atoms with Gasteiger partial charge < -0.3 is 0 Å². The van der Waals surface area contributed by atoms with E-state index in [0.29, 0.717) is 0 Å². The largest absolute Gasteiger partial charge is 0.0775 e. The quantitative estimate of drug-likeness (QED) is 0.598. The molecular formula is C14H22. The fourth-order valence-corrected chi connectivity index (χ4v) is 1.80. The fraction of sp³-hybridized carbons (Fsp3) is 0.571. The standard InChI is InChI=1S/C14H22/c1-4-6-10-14-11-13(5-2)9-7-8-12(14)3/h8-9,11H,4-7,10H2,1-3H3. The van der Waals surface area contributed by atoms with Crippen LogP contribution < -0.4 is 0 Å². The summed E-state index contributed by atoms with van der Waals surface area (Å²) in [4.78, 5) is 0. The normalized spacial score (nSPS) is 16.9. The molecular weight excluding hydrogens is 168 g/mol. The van der Waals surface area contributed by atoms with Gasteiger partial charge in [-0.2, -0.15) is 0 Å². The Morgan fingerprint density at radius 1 is 1.21 bits per heavy atom. The van der Waals surface area contributed by atoms with Gasteiger partial charge in [-0.05, 0) is 38.2 Å². The number of rotatable bonds is 4. The smallest absolute Gasteiger partial charge is 0.0158 e. The lowest BCUT2D eigenvalue weighted by Crippen LogP contribution is -1.87. The van der Waals surface area contributed by atoms with E-state index < -0.39 is 0 Å². The maximum atomic E-state index is 2.40. The maximum Gasteiger partial charge on any atom is -0.0158 e. The summed E-state index contributed by atoms with van der Waals surface area (Å²) in [5.74, 6) is 0. The van der Waals surface area contributed by atoms with Crippen molar-refractivity contribution >= 4 is 0 Å². The van der Waals surface area contributed by atoms with Crippen molar-refractivity contribution in [3.8, 4) is 0 Å². The molecule has 0 aromatic heterocycles. The van der Waals surface area contributed by atoms with Gasteiger partial charge in [-0.25, -0.2) is 0 Å². The van der Waals surface area contributed by atoms with Gasteiger partial charge in [-0.3, -0.25) is 0 Å². The lowest BCUT2D eigenvalue weighted by molar-refractivity contribution is 0.790. The van der Waals surface area contributed by atoms with Gasteiger partial charge in [-0.1, -0.05) is 49.6 Å². The van der Waals surface area contributed by atoms with Crippen LogP contribution in [0.25, 0.3) is 0 Å². The second-order valence-corrected chi connectivity index (χ2v) is 4.03. The van der Waals surface area contributed by atoms with E-state index in [2.05, 4.69) is 39.0 Å². The Hall–Kier alpha value is -0.780. The van der Waals surface area contributed by atoms with Crippen LogP contribution in [-0.4, -0.2) is 0 Å². The SMILES string of the molecule is CCCCC1=CC(CC)=CCC=C1C. The molecule has 78 valence electrons. The molecule has 0 N–H and O–H groups in total. The highest BCUT2D eigenvalue weighted by Gasteiger charge is 2.03. The average Bonchev–Trinajstić information content (AvgIpc) is 2.37. The zero-order valence-corrected chi connectivity index (χ0v) is 9.77. The Morgan fingerprint density at radius 3 is 2.64 bits per heavy atom. The summed E-state index contributed by atoms with van der Waals surface area (Å²) in [5.41, 5.74) is 4.54. The molecule has 0 heterocycles. The Labute approximate surface area is 88.4 Å². The highest BCUT2D eigenvalue weighted by Crippen LogP contribution is 2.23. The lowest BCUT2D eigenvalue weighted by atomic mass is 9.99. The van der Waals surface area contributed by atoms with E-state index in [4.69, 9.17) is 0 Å². The molecule has 0 amide bonds. The van der Waals surface area contributed by atoms with Crippen LogP contribution >= 0.6 is 0 Å². The molecule has 0 aromatic carbocycles. The van der Waals surface area contributed by atoms with Gasteiger partial charge in [0, 0.05) is 0 Å². The first kappa shape index (κ1) is 11.3.